The van der Waals surface area contributed by atoms with Crippen LogP contribution in [-0.4, -0.2) is 66.7 Å². The van der Waals surface area contributed by atoms with E-state index in [1.54, 1.807) is 12.1 Å². The van der Waals surface area contributed by atoms with Crippen molar-refractivity contribution in [2.24, 2.45) is 5.73 Å². The Kier molecular flexibility index (Phi) is 6.99. The molecule has 1 aliphatic heterocycles. The minimum atomic E-state index is -1.18. The number of urea groups is 1. The second-order valence-electron chi connectivity index (χ2n) is 8.01. The summed E-state index contributed by atoms with van der Waals surface area (Å²) in [5.41, 5.74) is 13.5. The van der Waals surface area contributed by atoms with E-state index in [0.717, 1.165) is 0 Å². The molecular weight excluding hydrogens is 428 g/mol. The van der Waals surface area contributed by atoms with Crippen LogP contribution in [0.25, 0.3) is 11.2 Å². The molecular formula is C21H28N8O4. The van der Waals surface area contributed by atoms with Crippen molar-refractivity contribution >= 4 is 28.7 Å². The summed E-state index contributed by atoms with van der Waals surface area (Å²) in [6.07, 6.45) is 0.517. The Hall–Kier alpha value is -3.32. The van der Waals surface area contributed by atoms with Crippen molar-refractivity contribution in [1.82, 2.24) is 24.8 Å². The number of rotatable bonds is 8. The number of nitrogen functional groups attached to an aromatic ring is 1. The number of aliphatic hydroxyl groups is 2. The lowest BCUT2D eigenvalue weighted by Gasteiger charge is -2.19. The molecule has 3 aromatic rings. The fourth-order valence-corrected chi connectivity index (χ4v) is 3.89. The second kappa shape index (κ2) is 10.1. The van der Waals surface area contributed by atoms with Crippen molar-refractivity contribution in [3.63, 3.8) is 0 Å². The molecule has 0 saturated carbocycles. The van der Waals surface area contributed by atoms with Gasteiger partial charge >= 0.3 is 6.03 Å². The van der Waals surface area contributed by atoms with Crippen LogP contribution in [-0.2, 0) is 4.74 Å². The Bertz CT molecular complexity index is 1080. The molecule has 1 aromatic carbocycles. The topological polar surface area (TPSA) is 186 Å². The van der Waals surface area contributed by atoms with Gasteiger partial charge in [-0.1, -0.05) is 18.2 Å². The van der Waals surface area contributed by atoms with E-state index >= 15 is 0 Å². The van der Waals surface area contributed by atoms with E-state index in [1.807, 2.05) is 18.2 Å². The molecule has 0 spiro atoms. The van der Waals surface area contributed by atoms with Crippen molar-refractivity contribution in [3.8, 4) is 0 Å². The molecule has 4 rings (SSSR count). The molecule has 3 heterocycles. The van der Waals surface area contributed by atoms with Crippen LogP contribution in [0.2, 0.25) is 0 Å². The van der Waals surface area contributed by atoms with Crippen molar-refractivity contribution < 1.29 is 19.7 Å². The van der Waals surface area contributed by atoms with Gasteiger partial charge < -0.3 is 37.1 Å². The van der Waals surface area contributed by atoms with Crippen LogP contribution in [0.1, 0.15) is 25.5 Å². The number of hydrogen-bond acceptors (Lipinski definition) is 9. The monoisotopic (exact) mass is 456 g/mol. The average molecular weight is 457 g/mol. The first kappa shape index (κ1) is 22.9. The van der Waals surface area contributed by atoms with E-state index in [-0.39, 0.29) is 17.9 Å². The number of fused-ring (bicyclic) bond motifs is 1. The minimum Gasteiger partial charge on any atom is -0.388 e. The first-order valence-corrected chi connectivity index (χ1v) is 10.7. The number of amides is 2. The molecule has 1 saturated heterocycles. The molecule has 176 valence electrons. The third-order valence-corrected chi connectivity index (χ3v) is 5.60. The molecule has 12 nitrogen and oxygen atoms in total. The van der Waals surface area contributed by atoms with Gasteiger partial charge in [-0.15, -0.1) is 0 Å². The molecule has 5 atom stereocenters. The predicted molar refractivity (Wildman–Crippen MR) is 121 cm³/mol. The number of nitrogens with two attached hydrogens (primary N) is 2. The van der Waals surface area contributed by atoms with E-state index in [4.69, 9.17) is 16.2 Å². The summed E-state index contributed by atoms with van der Waals surface area (Å²) in [5.74, 6) is 0.219. The van der Waals surface area contributed by atoms with Gasteiger partial charge in [-0.2, -0.15) is 0 Å². The van der Waals surface area contributed by atoms with Gasteiger partial charge in [0.25, 0.3) is 0 Å². The predicted octanol–water partition coefficient (Wildman–Crippen LogP) is 0.347. The van der Waals surface area contributed by atoms with Gasteiger partial charge in [0.2, 0.25) is 0 Å². The van der Waals surface area contributed by atoms with E-state index in [2.05, 4.69) is 25.6 Å². The summed E-state index contributed by atoms with van der Waals surface area (Å²) in [6.45, 7) is 0.452. The first-order valence-electron chi connectivity index (χ1n) is 10.7. The molecule has 12 heteroatoms. The van der Waals surface area contributed by atoms with Crippen LogP contribution in [0.3, 0.4) is 0 Å². The zero-order valence-corrected chi connectivity index (χ0v) is 17.9. The molecule has 0 bridgehead atoms. The maximum absolute atomic E-state index is 11.9. The van der Waals surface area contributed by atoms with Gasteiger partial charge in [0, 0.05) is 18.3 Å². The van der Waals surface area contributed by atoms with Gasteiger partial charge in [-0.25, -0.2) is 19.7 Å². The van der Waals surface area contributed by atoms with Gasteiger partial charge in [0.15, 0.2) is 17.7 Å². The maximum Gasteiger partial charge on any atom is 0.319 e. The molecule has 2 aromatic heterocycles. The number of imidazole rings is 1. The minimum absolute atomic E-state index is 0.219. The fourth-order valence-electron chi connectivity index (χ4n) is 3.89. The average Bonchev–Trinajstić information content (AvgIpc) is 3.35. The smallest absolute Gasteiger partial charge is 0.319 e. The highest BCUT2D eigenvalue weighted by atomic mass is 16.6. The number of nitrogens with zero attached hydrogens (tertiary/aromatic N) is 4. The number of para-hydroxylation sites is 1. The number of ether oxygens (including phenoxy) is 1. The third kappa shape index (κ3) is 5.20. The van der Waals surface area contributed by atoms with Crippen molar-refractivity contribution in [1.29, 1.82) is 0 Å². The Morgan fingerprint density at radius 1 is 1.18 bits per heavy atom. The number of carbonyl (C=O) groups is 1. The van der Waals surface area contributed by atoms with Crippen LogP contribution < -0.4 is 22.1 Å². The van der Waals surface area contributed by atoms with Crippen LogP contribution in [0.4, 0.5) is 16.3 Å². The summed E-state index contributed by atoms with van der Waals surface area (Å²) in [5, 5.41) is 26.6. The largest absolute Gasteiger partial charge is 0.388 e. The summed E-state index contributed by atoms with van der Waals surface area (Å²) >= 11 is 0. The van der Waals surface area contributed by atoms with Crippen LogP contribution in [0.5, 0.6) is 0 Å². The second-order valence-corrected chi connectivity index (χ2v) is 8.01. The number of hydrogen-bond donors (Lipinski definition) is 6. The van der Waals surface area contributed by atoms with E-state index in [1.165, 1.54) is 17.2 Å². The van der Waals surface area contributed by atoms with Crippen LogP contribution in [0.15, 0.2) is 43.0 Å². The number of carbonyl (C=O) groups excluding carboxylic acids is 1. The van der Waals surface area contributed by atoms with E-state index in [0.29, 0.717) is 42.7 Å². The molecule has 0 aliphatic carbocycles. The molecule has 1 aliphatic rings. The summed E-state index contributed by atoms with van der Waals surface area (Å²) < 4.78 is 7.45. The molecule has 8 N–H and O–H groups in total. The summed E-state index contributed by atoms with van der Waals surface area (Å²) in [4.78, 5) is 24.1. The highest BCUT2D eigenvalue weighted by molar-refractivity contribution is 5.89. The highest BCUT2D eigenvalue weighted by Gasteiger charge is 2.44. The zero-order valence-electron chi connectivity index (χ0n) is 17.9. The maximum atomic E-state index is 11.9. The summed E-state index contributed by atoms with van der Waals surface area (Å²) in [6, 6.07) is 8.59. The van der Waals surface area contributed by atoms with Crippen molar-refractivity contribution in [3.05, 3.63) is 43.0 Å². The lowest BCUT2D eigenvalue weighted by atomic mass is 10.0. The Labute approximate surface area is 190 Å². The lowest BCUT2D eigenvalue weighted by Crippen LogP contribution is -2.36. The SMILES string of the molecule is Nc1ncnc2c1ncn2[C@@H]1O[C@H](C[C@@H](N)CCCNC(=O)Nc2ccccc2)[C@H](O)[C@H]1O. The number of aromatic nitrogens is 4. The number of aliphatic hydroxyl groups excluding tert-OH is 2. The molecule has 33 heavy (non-hydrogen) atoms. The Balaban J connectivity index is 1.25. The molecule has 2 amide bonds. The first-order chi connectivity index (χ1) is 15.9. The van der Waals surface area contributed by atoms with Gasteiger partial charge in [0.05, 0.1) is 12.4 Å². The highest BCUT2D eigenvalue weighted by Crippen LogP contribution is 2.33. The van der Waals surface area contributed by atoms with E-state index in [9.17, 15) is 15.0 Å². The lowest BCUT2D eigenvalue weighted by molar-refractivity contribution is -0.0387. The van der Waals surface area contributed by atoms with Crippen molar-refractivity contribution in [2.75, 3.05) is 17.6 Å². The van der Waals surface area contributed by atoms with Crippen LogP contribution >= 0.6 is 0 Å². The van der Waals surface area contributed by atoms with Gasteiger partial charge in [-0.3, -0.25) is 4.57 Å². The van der Waals surface area contributed by atoms with Crippen LogP contribution in [0, 0.1) is 0 Å². The quantitative estimate of drug-likeness (QED) is 0.260. The Morgan fingerprint density at radius 3 is 2.76 bits per heavy atom. The Morgan fingerprint density at radius 2 is 1.97 bits per heavy atom. The molecule has 0 unspecified atom stereocenters. The molecule has 0 radical (unpaired) electrons. The normalized spacial score (nSPS) is 23.5. The zero-order chi connectivity index (χ0) is 23.4. The number of nitrogens with one attached hydrogen (secondary N) is 2. The van der Waals surface area contributed by atoms with E-state index < -0.39 is 24.5 Å². The fraction of sp³-hybridized carbons (Fsp3) is 0.429. The standard InChI is InChI=1S/C21H28N8O4/c22-12(5-4-8-24-21(32)28-13-6-2-1-3-7-13)9-14-16(30)17(31)20(33-14)29-11-27-15-18(23)25-10-26-19(15)29/h1-3,6-7,10-12,14,16-17,20,30-31H,4-5,8-9,22H2,(H2,23,25,26)(H2,24,28,32)/t12-,14+,16-,17+,20+/m0/s1. The van der Waals surface area contributed by atoms with Gasteiger partial charge in [0.1, 0.15) is 24.1 Å². The number of anilines is 2. The third-order valence-electron chi connectivity index (χ3n) is 5.60. The number of benzene rings is 1. The summed E-state index contributed by atoms with van der Waals surface area (Å²) in [7, 11) is 0. The van der Waals surface area contributed by atoms with Gasteiger partial charge in [-0.05, 0) is 31.4 Å². The molecule has 1 fully saturated rings. The van der Waals surface area contributed by atoms with Crippen molar-refractivity contribution in [2.45, 2.75) is 49.8 Å².